The van der Waals surface area contributed by atoms with Crippen LogP contribution in [0.4, 0.5) is 0 Å². The first-order chi connectivity index (χ1) is 30.0. The van der Waals surface area contributed by atoms with Crippen LogP contribution in [0, 0.1) is 0 Å². The molecule has 6 nitrogen and oxygen atoms in total. The third kappa shape index (κ3) is 48.5. The van der Waals surface area contributed by atoms with Gasteiger partial charge in [-0.15, -0.1) is 0 Å². The second-order valence-corrected chi connectivity index (χ2v) is 17.8. The molecular formula is C55H100O6. The van der Waals surface area contributed by atoms with Crippen molar-refractivity contribution in [2.24, 2.45) is 0 Å². The predicted molar refractivity (Wildman–Crippen MR) is 261 cm³/mol. The Bertz CT molecular complexity index is 1030. The number of rotatable bonds is 48. The molecule has 61 heavy (non-hydrogen) atoms. The van der Waals surface area contributed by atoms with E-state index in [0.717, 1.165) is 89.9 Å². The first kappa shape index (κ1) is 58.6. The zero-order valence-electron chi connectivity index (χ0n) is 40.7. The maximum Gasteiger partial charge on any atom is 0.306 e. The molecular weight excluding hydrogens is 757 g/mol. The third-order valence-electron chi connectivity index (χ3n) is 11.6. The van der Waals surface area contributed by atoms with E-state index >= 15 is 0 Å². The maximum atomic E-state index is 12.7. The number of unbranched alkanes of at least 4 members (excludes halogenated alkanes) is 31. The van der Waals surface area contributed by atoms with Gasteiger partial charge in [-0.25, -0.2) is 0 Å². The Morgan fingerprint density at radius 1 is 0.328 bits per heavy atom. The minimum absolute atomic E-state index is 0.0768. The summed E-state index contributed by atoms with van der Waals surface area (Å²) in [5, 5.41) is 0. The molecule has 0 rings (SSSR count). The number of carbonyl (C=O) groups is 3. The Morgan fingerprint density at radius 3 is 0.951 bits per heavy atom. The largest absolute Gasteiger partial charge is 0.462 e. The molecule has 0 heterocycles. The van der Waals surface area contributed by atoms with Gasteiger partial charge in [0.2, 0.25) is 0 Å². The van der Waals surface area contributed by atoms with Crippen molar-refractivity contribution in [3.63, 3.8) is 0 Å². The monoisotopic (exact) mass is 857 g/mol. The van der Waals surface area contributed by atoms with Crippen LogP contribution in [0.1, 0.15) is 278 Å². The average Bonchev–Trinajstić information content (AvgIpc) is 3.26. The summed E-state index contributed by atoms with van der Waals surface area (Å²) in [5.41, 5.74) is 0. The minimum Gasteiger partial charge on any atom is -0.462 e. The average molecular weight is 857 g/mol. The van der Waals surface area contributed by atoms with E-state index in [1.165, 1.54) is 148 Å². The van der Waals surface area contributed by atoms with Gasteiger partial charge >= 0.3 is 17.9 Å². The summed E-state index contributed by atoms with van der Waals surface area (Å²) in [6, 6.07) is 0. The van der Waals surface area contributed by atoms with Gasteiger partial charge in [-0.1, -0.05) is 218 Å². The maximum absolute atomic E-state index is 12.7. The molecule has 1 unspecified atom stereocenters. The summed E-state index contributed by atoms with van der Waals surface area (Å²) in [4.78, 5) is 37.7. The van der Waals surface area contributed by atoms with Crippen molar-refractivity contribution < 1.29 is 28.6 Å². The predicted octanol–water partition coefficient (Wildman–Crippen LogP) is 17.3. The Balaban J connectivity index is 4.09. The van der Waals surface area contributed by atoms with Gasteiger partial charge in [0, 0.05) is 19.3 Å². The van der Waals surface area contributed by atoms with E-state index < -0.39 is 6.10 Å². The molecule has 0 radical (unpaired) electrons. The lowest BCUT2D eigenvalue weighted by Gasteiger charge is -2.18. The van der Waals surface area contributed by atoms with E-state index in [-0.39, 0.29) is 31.1 Å². The van der Waals surface area contributed by atoms with Gasteiger partial charge in [0.15, 0.2) is 6.10 Å². The molecule has 0 aromatic rings. The summed E-state index contributed by atoms with van der Waals surface area (Å²) < 4.78 is 16.7. The van der Waals surface area contributed by atoms with Crippen molar-refractivity contribution in [3.05, 3.63) is 36.5 Å². The van der Waals surface area contributed by atoms with Crippen molar-refractivity contribution in [1.29, 1.82) is 0 Å². The fourth-order valence-corrected chi connectivity index (χ4v) is 7.59. The van der Waals surface area contributed by atoms with Gasteiger partial charge < -0.3 is 14.2 Å². The minimum atomic E-state index is -0.773. The van der Waals surface area contributed by atoms with E-state index in [2.05, 4.69) is 57.2 Å². The molecule has 0 aromatic carbocycles. The summed E-state index contributed by atoms with van der Waals surface area (Å²) in [6.07, 6.45) is 58.9. The lowest BCUT2D eigenvalue weighted by molar-refractivity contribution is -0.167. The molecule has 0 saturated carbocycles. The van der Waals surface area contributed by atoms with Crippen LogP contribution < -0.4 is 0 Å². The fraction of sp³-hybridized carbons (Fsp3) is 0.836. The Hall–Kier alpha value is -2.37. The van der Waals surface area contributed by atoms with Gasteiger partial charge in [0.05, 0.1) is 0 Å². The van der Waals surface area contributed by atoms with Crippen LogP contribution in [-0.4, -0.2) is 37.2 Å². The van der Waals surface area contributed by atoms with Crippen LogP contribution in [0.3, 0.4) is 0 Å². The summed E-state index contributed by atoms with van der Waals surface area (Å²) in [6.45, 7) is 6.53. The van der Waals surface area contributed by atoms with Crippen LogP contribution in [0.25, 0.3) is 0 Å². The number of carbonyl (C=O) groups excluding carboxylic acids is 3. The van der Waals surface area contributed by atoms with Crippen molar-refractivity contribution >= 4 is 17.9 Å². The summed E-state index contributed by atoms with van der Waals surface area (Å²) in [7, 11) is 0. The van der Waals surface area contributed by atoms with Gasteiger partial charge in [0.25, 0.3) is 0 Å². The van der Waals surface area contributed by atoms with Crippen molar-refractivity contribution in [2.45, 2.75) is 284 Å². The molecule has 0 fully saturated rings. The molecule has 356 valence electrons. The quantitative estimate of drug-likeness (QED) is 0.0262. The van der Waals surface area contributed by atoms with Crippen LogP contribution >= 0.6 is 0 Å². The van der Waals surface area contributed by atoms with Gasteiger partial charge in [-0.2, -0.15) is 0 Å². The smallest absolute Gasteiger partial charge is 0.306 e. The number of hydrogen-bond donors (Lipinski definition) is 0. The van der Waals surface area contributed by atoms with Gasteiger partial charge in [0.1, 0.15) is 13.2 Å². The van der Waals surface area contributed by atoms with Gasteiger partial charge in [-0.05, 0) is 77.0 Å². The second-order valence-electron chi connectivity index (χ2n) is 17.8. The molecule has 0 bridgehead atoms. The summed E-state index contributed by atoms with van der Waals surface area (Å²) in [5.74, 6) is -0.897. The Kier molecular flexibility index (Phi) is 48.3. The fourth-order valence-electron chi connectivity index (χ4n) is 7.59. The molecule has 0 N–H and O–H groups in total. The first-order valence-corrected chi connectivity index (χ1v) is 26.5. The third-order valence-corrected chi connectivity index (χ3v) is 11.6. The highest BCUT2D eigenvalue weighted by molar-refractivity contribution is 5.71. The molecule has 0 aliphatic rings. The van der Waals surface area contributed by atoms with Crippen molar-refractivity contribution in [2.75, 3.05) is 13.2 Å². The van der Waals surface area contributed by atoms with Crippen molar-refractivity contribution in [3.8, 4) is 0 Å². The van der Waals surface area contributed by atoms with E-state index in [0.29, 0.717) is 19.3 Å². The molecule has 0 saturated heterocycles. The topological polar surface area (TPSA) is 78.9 Å². The number of esters is 3. The standard InChI is InChI=1S/C55H100O6/c1-4-7-10-13-15-17-19-21-23-24-25-26-27-28-29-30-32-33-35-37-39-42-45-48-54(57)60-51-52(50-59-53(56)47-44-41-12-9-6-3)61-55(58)49-46-43-40-38-36-34-31-22-20-18-16-14-11-8-5-2/h16,18,22,24-25,31,52H,4-15,17,19-21,23,26-30,32-51H2,1-3H3/b18-16-,25-24-,31-22-. The van der Waals surface area contributed by atoms with E-state index in [9.17, 15) is 14.4 Å². The summed E-state index contributed by atoms with van der Waals surface area (Å²) >= 11 is 0. The number of ether oxygens (including phenoxy) is 3. The highest BCUT2D eigenvalue weighted by Crippen LogP contribution is 2.15. The normalized spacial score (nSPS) is 12.2. The van der Waals surface area contributed by atoms with Crippen LogP contribution in [0.2, 0.25) is 0 Å². The zero-order chi connectivity index (χ0) is 44.4. The van der Waals surface area contributed by atoms with E-state index in [1.807, 2.05) is 0 Å². The Morgan fingerprint density at radius 2 is 0.590 bits per heavy atom. The van der Waals surface area contributed by atoms with Crippen LogP contribution in [0.15, 0.2) is 36.5 Å². The lowest BCUT2D eigenvalue weighted by Crippen LogP contribution is -2.30. The first-order valence-electron chi connectivity index (χ1n) is 26.5. The van der Waals surface area contributed by atoms with Gasteiger partial charge in [-0.3, -0.25) is 14.4 Å². The molecule has 6 heteroatoms. The number of allylic oxidation sites excluding steroid dienone is 6. The number of hydrogen-bond acceptors (Lipinski definition) is 6. The zero-order valence-corrected chi connectivity index (χ0v) is 40.7. The van der Waals surface area contributed by atoms with E-state index in [4.69, 9.17) is 14.2 Å². The van der Waals surface area contributed by atoms with Crippen LogP contribution in [-0.2, 0) is 28.6 Å². The highest BCUT2D eigenvalue weighted by atomic mass is 16.6. The second kappa shape index (κ2) is 50.3. The molecule has 0 spiro atoms. The van der Waals surface area contributed by atoms with Crippen LogP contribution in [0.5, 0.6) is 0 Å². The molecule has 1 atom stereocenters. The van der Waals surface area contributed by atoms with E-state index in [1.54, 1.807) is 0 Å². The highest BCUT2D eigenvalue weighted by Gasteiger charge is 2.19. The molecule has 0 aromatic heterocycles. The van der Waals surface area contributed by atoms with Crippen molar-refractivity contribution in [1.82, 2.24) is 0 Å². The SMILES string of the molecule is CCCCC/C=C\C/C=C\CCCCCCCC(=O)OC(COC(=O)CCCCCCC)COC(=O)CCCCCCCCCCCCC/C=C\CCCCCCCCCC. The Labute approximate surface area is 378 Å². The lowest BCUT2D eigenvalue weighted by atomic mass is 10.0. The molecule has 0 amide bonds. The molecule has 0 aliphatic carbocycles. The molecule has 0 aliphatic heterocycles.